The minimum atomic E-state index is -10.1. The van der Waals surface area contributed by atoms with Crippen molar-refractivity contribution in [3.63, 3.8) is 0 Å². The first kappa shape index (κ1) is 25.8. The van der Waals surface area contributed by atoms with Crippen LogP contribution in [0.3, 0.4) is 0 Å². The molecule has 4 rings (SSSR count). The molecule has 2 fully saturated rings. The molecule has 0 aliphatic heterocycles. The second-order valence-corrected chi connectivity index (χ2v) is 11.9. The maximum absolute atomic E-state index is 13.4. The summed E-state index contributed by atoms with van der Waals surface area (Å²) in [5.74, 6) is -0.0314. The Labute approximate surface area is 206 Å². The van der Waals surface area contributed by atoms with E-state index in [4.69, 9.17) is 28.3 Å². The molecule has 1 heterocycles. The molecule has 0 saturated heterocycles. The molecular formula is C20H20Cl2F5N5O2S. The lowest BCUT2D eigenvalue weighted by Gasteiger charge is -2.40. The van der Waals surface area contributed by atoms with Crippen molar-refractivity contribution in [2.75, 3.05) is 25.0 Å². The highest BCUT2D eigenvalue weighted by Crippen LogP contribution is 3.02. The summed E-state index contributed by atoms with van der Waals surface area (Å²) in [6, 6.07) is 2.04. The number of nitrogens with one attached hydrogen (secondary N) is 2. The number of halogens is 7. The second kappa shape index (κ2) is 7.86. The largest absolute Gasteiger partial charge is 0.395 e. The summed E-state index contributed by atoms with van der Waals surface area (Å²) in [5, 5.41) is 27.1. The smallest absolute Gasteiger partial charge is 0.310 e. The van der Waals surface area contributed by atoms with Gasteiger partial charge in [-0.1, -0.05) is 42.6 Å². The van der Waals surface area contributed by atoms with E-state index in [0.29, 0.717) is 25.3 Å². The SMILES string of the molecule is N#Cc1nn(-c2c(Cl)cc(S(F)(F)(F)(F)F)cc2Cl)c(NCC2CC2)c1C1(C(=O)NCCO)CC1. The Bertz CT molecular complexity index is 1230. The van der Waals surface area contributed by atoms with Gasteiger partial charge in [0.15, 0.2) is 5.69 Å². The molecule has 3 N–H and O–H groups in total. The average molecular weight is 560 g/mol. The van der Waals surface area contributed by atoms with Crippen LogP contribution < -0.4 is 10.6 Å². The van der Waals surface area contributed by atoms with Gasteiger partial charge in [0.25, 0.3) is 0 Å². The number of benzene rings is 1. The van der Waals surface area contributed by atoms with Crippen LogP contribution in [0.4, 0.5) is 25.2 Å². The van der Waals surface area contributed by atoms with Crippen molar-refractivity contribution in [2.45, 2.75) is 36.0 Å². The highest BCUT2D eigenvalue weighted by molar-refractivity contribution is 8.45. The first-order chi connectivity index (χ1) is 16.1. The van der Waals surface area contributed by atoms with Gasteiger partial charge in [0.1, 0.15) is 22.5 Å². The van der Waals surface area contributed by atoms with Gasteiger partial charge in [0.05, 0.1) is 22.1 Å². The molecule has 1 aromatic carbocycles. The molecule has 0 atom stereocenters. The van der Waals surface area contributed by atoms with Crippen molar-refractivity contribution < 1.29 is 29.3 Å². The van der Waals surface area contributed by atoms with Gasteiger partial charge in [-0.2, -0.15) is 10.4 Å². The predicted octanol–water partition coefficient (Wildman–Crippen LogP) is 5.67. The number of carbonyl (C=O) groups is 1. The van der Waals surface area contributed by atoms with Crippen LogP contribution in [0, 0.1) is 17.2 Å². The number of anilines is 1. The minimum Gasteiger partial charge on any atom is -0.395 e. The highest BCUT2D eigenvalue weighted by Gasteiger charge is 2.65. The topological polar surface area (TPSA) is 103 Å². The Hall–Kier alpha value is -2.27. The van der Waals surface area contributed by atoms with Crippen LogP contribution in [0.15, 0.2) is 17.0 Å². The Morgan fingerprint density at radius 3 is 2.29 bits per heavy atom. The lowest BCUT2D eigenvalue weighted by atomic mass is 9.94. The highest BCUT2D eigenvalue weighted by atomic mass is 35.5. The molecule has 0 radical (unpaired) electrons. The molecule has 0 unspecified atom stereocenters. The zero-order chi connectivity index (χ0) is 25.9. The summed E-state index contributed by atoms with van der Waals surface area (Å²) in [6.45, 7) is 0.0916. The zero-order valence-corrected chi connectivity index (χ0v) is 20.3. The van der Waals surface area contributed by atoms with Crippen LogP contribution in [0.5, 0.6) is 0 Å². The van der Waals surface area contributed by atoms with Crippen LogP contribution in [-0.2, 0) is 10.2 Å². The van der Waals surface area contributed by atoms with Gasteiger partial charge in [-0.25, -0.2) is 4.68 Å². The Kier molecular flexibility index (Phi) is 5.80. The Morgan fingerprint density at radius 2 is 1.83 bits per heavy atom. The van der Waals surface area contributed by atoms with Crippen molar-refractivity contribution in [1.29, 1.82) is 5.26 Å². The lowest BCUT2D eigenvalue weighted by molar-refractivity contribution is -0.123. The van der Waals surface area contributed by atoms with E-state index in [1.54, 1.807) is 0 Å². The number of hydrogen-bond acceptors (Lipinski definition) is 5. The van der Waals surface area contributed by atoms with Crippen molar-refractivity contribution >= 4 is 45.2 Å². The normalized spacial score (nSPS) is 18.8. The number of carbonyl (C=O) groups excluding carboxylic acids is 1. The van der Waals surface area contributed by atoms with E-state index in [-0.39, 0.29) is 48.0 Å². The molecule has 2 aliphatic rings. The van der Waals surface area contributed by atoms with Crippen molar-refractivity contribution in [3.8, 4) is 11.8 Å². The van der Waals surface area contributed by atoms with E-state index in [1.807, 2.05) is 6.07 Å². The minimum absolute atomic E-state index is 0.0189. The predicted molar refractivity (Wildman–Crippen MR) is 122 cm³/mol. The number of nitrogens with zero attached hydrogens (tertiary/aromatic N) is 3. The second-order valence-electron chi connectivity index (χ2n) is 8.69. The molecule has 7 nitrogen and oxygen atoms in total. The van der Waals surface area contributed by atoms with Crippen LogP contribution in [0.1, 0.15) is 36.9 Å². The van der Waals surface area contributed by atoms with Gasteiger partial charge in [0.2, 0.25) is 5.91 Å². The first-order valence-electron chi connectivity index (χ1n) is 10.5. The maximum atomic E-state index is 13.4. The van der Waals surface area contributed by atoms with Gasteiger partial charge < -0.3 is 15.7 Å². The molecule has 0 bridgehead atoms. The Morgan fingerprint density at radius 1 is 1.23 bits per heavy atom. The van der Waals surface area contributed by atoms with E-state index < -0.39 is 36.5 Å². The van der Waals surface area contributed by atoms with E-state index in [9.17, 15) is 29.5 Å². The van der Waals surface area contributed by atoms with E-state index >= 15 is 0 Å². The fourth-order valence-electron chi connectivity index (χ4n) is 3.86. The maximum Gasteiger partial charge on any atom is 0.310 e. The van der Waals surface area contributed by atoms with Gasteiger partial charge >= 0.3 is 10.2 Å². The third-order valence-corrected chi connectivity index (χ3v) is 7.66. The molecule has 35 heavy (non-hydrogen) atoms. The van der Waals surface area contributed by atoms with Gasteiger partial charge in [-0.3, -0.25) is 4.79 Å². The number of hydrogen-bond donors (Lipinski definition) is 3. The van der Waals surface area contributed by atoms with E-state index in [0.717, 1.165) is 17.5 Å². The molecule has 1 aromatic heterocycles. The fourth-order valence-corrected chi connectivity index (χ4v) is 5.32. The third-order valence-electron chi connectivity index (χ3n) is 5.95. The molecular weight excluding hydrogens is 540 g/mol. The van der Waals surface area contributed by atoms with Crippen LogP contribution in [0.2, 0.25) is 10.0 Å². The number of aliphatic hydroxyl groups excluding tert-OH is 1. The summed E-state index contributed by atoms with van der Waals surface area (Å²) in [5.41, 5.74) is -1.48. The summed E-state index contributed by atoms with van der Waals surface area (Å²) >= 11 is 12.1. The van der Waals surface area contributed by atoms with Gasteiger partial charge in [-0.05, 0) is 43.7 Å². The van der Waals surface area contributed by atoms with Crippen molar-refractivity contribution in [1.82, 2.24) is 15.1 Å². The fraction of sp³-hybridized carbons (Fsp3) is 0.450. The monoisotopic (exact) mass is 559 g/mol. The van der Waals surface area contributed by atoms with Crippen molar-refractivity contribution in [2.24, 2.45) is 5.92 Å². The van der Waals surface area contributed by atoms with Gasteiger partial charge in [0, 0.05) is 18.7 Å². The number of amides is 1. The molecule has 2 saturated carbocycles. The van der Waals surface area contributed by atoms with Crippen LogP contribution in [0.25, 0.3) is 5.69 Å². The standard InChI is InChI=1S/C20H20Cl2F5N5O2S/c21-13-7-12(35(23,24,25,26)27)8-14(22)17(13)32-18(30-10-11-1-2-11)16(15(9-28)31-32)20(3-4-20)19(34)29-5-6-33/h7-8,11,30,33H,1-6,10H2,(H,29,34). The number of nitriles is 1. The lowest BCUT2D eigenvalue weighted by Crippen LogP contribution is -2.37. The van der Waals surface area contributed by atoms with E-state index in [1.165, 1.54) is 0 Å². The number of aliphatic hydroxyl groups is 1. The first-order valence-corrected chi connectivity index (χ1v) is 13.2. The summed E-state index contributed by atoms with van der Waals surface area (Å²) < 4.78 is 67.8. The van der Waals surface area contributed by atoms with Crippen LogP contribution >= 0.6 is 33.4 Å². The van der Waals surface area contributed by atoms with Crippen LogP contribution in [-0.4, -0.2) is 40.5 Å². The average Bonchev–Trinajstić information content (AvgIpc) is 3.67. The molecule has 1 amide bonds. The van der Waals surface area contributed by atoms with Gasteiger partial charge in [-0.15, -0.1) is 0 Å². The summed E-state index contributed by atoms with van der Waals surface area (Å²) in [6.07, 6.45) is 2.58. The molecule has 2 aromatic rings. The molecule has 15 heteroatoms. The quantitative estimate of drug-likeness (QED) is 0.343. The Balaban J connectivity index is 1.89. The summed E-state index contributed by atoms with van der Waals surface area (Å²) in [7, 11) is -10.1. The number of rotatable bonds is 9. The third kappa shape index (κ3) is 5.02. The molecule has 2 aliphatic carbocycles. The molecule has 0 spiro atoms. The summed E-state index contributed by atoms with van der Waals surface area (Å²) in [4.78, 5) is 10.7. The van der Waals surface area contributed by atoms with Crippen molar-refractivity contribution in [3.05, 3.63) is 33.4 Å². The number of aromatic nitrogens is 2. The molecule has 192 valence electrons. The zero-order valence-electron chi connectivity index (χ0n) is 17.9. The van der Waals surface area contributed by atoms with E-state index in [2.05, 4.69) is 15.7 Å².